The van der Waals surface area contributed by atoms with Crippen LogP contribution in [0.2, 0.25) is 0 Å². The Kier molecular flexibility index (Phi) is 5.04. The lowest BCUT2D eigenvalue weighted by Crippen LogP contribution is -2.37. The molecule has 1 unspecified atom stereocenters. The Morgan fingerprint density at radius 2 is 1.25 bits per heavy atom. The maximum Gasteiger partial charge on any atom is 0.220 e. The third-order valence-corrected chi connectivity index (χ3v) is 6.18. The van der Waals surface area contributed by atoms with Crippen LogP contribution < -0.4 is 5.32 Å². The molecular weight excluding hydrogens is 342 g/mol. The number of rotatable bonds is 7. The molecule has 0 bridgehead atoms. The smallest absolute Gasteiger partial charge is 0.220 e. The minimum absolute atomic E-state index is 0.129. The molecule has 1 aliphatic carbocycles. The lowest BCUT2D eigenvalue weighted by Gasteiger charge is -2.28. The van der Waals surface area contributed by atoms with Gasteiger partial charge in [0.1, 0.15) is 0 Å². The highest BCUT2D eigenvalue weighted by molar-refractivity contribution is 5.76. The second-order valence-corrected chi connectivity index (χ2v) is 7.79. The van der Waals surface area contributed by atoms with Crippen LogP contribution in [0.1, 0.15) is 42.9 Å². The summed E-state index contributed by atoms with van der Waals surface area (Å²) in [4.78, 5) is 12.3. The summed E-state index contributed by atoms with van der Waals surface area (Å²) < 4.78 is 0. The van der Waals surface area contributed by atoms with Crippen LogP contribution >= 0.6 is 0 Å². The molecule has 1 N–H and O–H groups in total. The molecule has 4 rings (SSSR count). The van der Waals surface area contributed by atoms with Gasteiger partial charge in [0.05, 0.1) is 0 Å². The fourth-order valence-electron chi connectivity index (χ4n) is 4.76. The molecule has 0 radical (unpaired) electrons. The van der Waals surface area contributed by atoms with Crippen LogP contribution in [0.3, 0.4) is 0 Å². The summed E-state index contributed by atoms with van der Waals surface area (Å²) in [5.41, 5.74) is 3.65. The molecule has 1 amide bonds. The van der Waals surface area contributed by atoms with Gasteiger partial charge in [-0.3, -0.25) is 4.79 Å². The highest BCUT2D eigenvalue weighted by Gasteiger charge is 2.69. The average molecular weight is 370 g/mol. The summed E-state index contributed by atoms with van der Waals surface area (Å²) >= 11 is 0. The van der Waals surface area contributed by atoms with E-state index in [9.17, 15) is 4.79 Å². The summed E-state index contributed by atoms with van der Waals surface area (Å²) in [6, 6.07) is 32.2. The molecular formula is C26H27NO. The second-order valence-electron chi connectivity index (χ2n) is 7.79. The van der Waals surface area contributed by atoms with Crippen molar-refractivity contribution < 1.29 is 4.79 Å². The van der Waals surface area contributed by atoms with Crippen molar-refractivity contribution in [2.75, 3.05) is 6.54 Å². The molecule has 0 spiro atoms. The Morgan fingerprint density at radius 1 is 0.786 bits per heavy atom. The molecule has 0 saturated heterocycles. The summed E-state index contributed by atoms with van der Waals surface area (Å²) in [5, 5.41) is 3.24. The normalized spacial score (nSPS) is 19.8. The molecule has 0 aromatic heterocycles. The van der Waals surface area contributed by atoms with Gasteiger partial charge in [-0.1, -0.05) is 97.9 Å². The van der Waals surface area contributed by atoms with E-state index in [4.69, 9.17) is 0 Å². The van der Waals surface area contributed by atoms with Crippen molar-refractivity contribution in [2.45, 2.75) is 37.0 Å². The first-order chi connectivity index (χ1) is 13.7. The van der Waals surface area contributed by atoms with E-state index in [2.05, 4.69) is 96.3 Å². The van der Waals surface area contributed by atoms with Gasteiger partial charge in [-0.15, -0.1) is 0 Å². The van der Waals surface area contributed by atoms with Crippen LogP contribution in [0.5, 0.6) is 0 Å². The van der Waals surface area contributed by atoms with Crippen LogP contribution in [0.4, 0.5) is 0 Å². The standard InChI is InChI=1S/C26H27NO/c1-2-12-24(28)27-20-25(21-13-6-3-7-14-21)19-26(25,22-15-8-4-9-16-22)23-17-10-5-11-18-23/h3-11,13-18H,2,12,19-20H2,1H3,(H,27,28). The average Bonchev–Trinajstić information content (AvgIpc) is 3.46. The predicted octanol–water partition coefficient (Wildman–Crippen LogP) is 5.23. The van der Waals surface area contributed by atoms with Gasteiger partial charge in [0.2, 0.25) is 5.91 Å². The molecule has 3 aromatic carbocycles. The van der Waals surface area contributed by atoms with Gasteiger partial charge in [0, 0.05) is 23.8 Å². The van der Waals surface area contributed by atoms with Crippen LogP contribution in [0.15, 0.2) is 91.0 Å². The minimum atomic E-state index is -0.139. The number of amides is 1. The molecule has 1 atom stereocenters. The van der Waals surface area contributed by atoms with Crippen LogP contribution in [0.25, 0.3) is 0 Å². The highest BCUT2D eigenvalue weighted by atomic mass is 16.1. The largest absolute Gasteiger partial charge is 0.355 e. The quantitative estimate of drug-likeness (QED) is 0.607. The van der Waals surface area contributed by atoms with Crippen molar-refractivity contribution in [3.63, 3.8) is 0 Å². The van der Waals surface area contributed by atoms with Crippen molar-refractivity contribution in [2.24, 2.45) is 0 Å². The van der Waals surface area contributed by atoms with E-state index in [0.29, 0.717) is 13.0 Å². The fraction of sp³-hybridized carbons (Fsp3) is 0.269. The van der Waals surface area contributed by atoms with Gasteiger partial charge in [-0.2, -0.15) is 0 Å². The number of benzene rings is 3. The first kappa shape index (κ1) is 18.5. The van der Waals surface area contributed by atoms with Crippen LogP contribution in [-0.4, -0.2) is 12.5 Å². The summed E-state index contributed by atoms with van der Waals surface area (Å²) in [6.45, 7) is 2.70. The Hall–Kier alpha value is -2.87. The third kappa shape index (κ3) is 3.03. The lowest BCUT2D eigenvalue weighted by atomic mass is 9.77. The molecule has 0 heterocycles. The zero-order chi connectivity index (χ0) is 19.5. The first-order valence-electron chi connectivity index (χ1n) is 10.2. The minimum Gasteiger partial charge on any atom is -0.355 e. The molecule has 2 heteroatoms. The molecule has 1 saturated carbocycles. The van der Waals surface area contributed by atoms with E-state index in [1.165, 1.54) is 16.7 Å². The SMILES string of the molecule is CCCC(=O)NCC1(c2ccccc2)CC1(c1ccccc1)c1ccccc1. The Bertz CT molecular complexity index is 881. The molecule has 1 fully saturated rings. The molecule has 1 aliphatic rings. The van der Waals surface area contributed by atoms with Gasteiger partial charge >= 0.3 is 0 Å². The maximum absolute atomic E-state index is 12.3. The first-order valence-corrected chi connectivity index (χ1v) is 10.2. The number of nitrogens with one attached hydrogen (secondary N) is 1. The van der Waals surface area contributed by atoms with Gasteiger partial charge in [0.25, 0.3) is 0 Å². The summed E-state index contributed by atoms with van der Waals surface area (Å²) in [7, 11) is 0. The van der Waals surface area contributed by atoms with E-state index in [1.54, 1.807) is 0 Å². The van der Waals surface area contributed by atoms with E-state index in [0.717, 1.165) is 12.8 Å². The second kappa shape index (κ2) is 7.63. The molecule has 2 nitrogen and oxygen atoms in total. The number of carbonyl (C=O) groups excluding carboxylic acids is 1. The van der Waals surface area contributed by atoms with E-state index in [-0.39, 0.29) is 16.7 Å². The zero-order valence-corrected chi connectivity index (χ0v) is 16.4. The summed E-state index contributed by atoms with van der Waals surface area (Å²) in [5.74, 6) is 0.139. The lowest BCUT2D eigenvalue weighted by molar-refractivity contribution is -0.121. The van der Waals surface area contributed by atoms with Gasteiger partial charge in [0.15, 0.2) is 0 Å². The highest BCUT2D eigenvalue weighted by Crippen LogP contribution is 2.68. The molecule has 0 aliphatic heterocycles. The van der Waals surface area contributed by atoms with Crippen LogP contribution in [-0.2, 0) is 15.6 Å². The zero-order valence-electron chi connectivity index (χ0n) is 16.4. The number of carbonyl (C=O) groups is 1. The molecule has 28 heavy (non-hydrogen) atoms. The van der Waals surface area contributed by atoms with E-state index >= 15 is 0 Å². The number of hydrogen-bond donors (Lipinski definition) is 1. The van der Waals surface area contributed by atoms with Crippen molar-refractivity contribution in [1.82, 2.24) is 5.32 Å². The Labute approximate surface area is 167 Å². The topological polar surface area (TPSA) is 29.1 Å². The number of hydrogen-bond acceptors (Lipinski definition) is 1. The third-order valence-electron chi connectivity index (χ3n) is 6.18. The van der Waals surface area contributed by atoms with Crippen molar-refractivity contribution in [3.8, 4) is 0 Å². The molecule has 3 aromatic rings. The summed E-state index contributed by atoms with van der Waals surface area (Å²) in [6.07, 6.45) is 2.44. The Morgan fingerprint density at radius 3 is 1.71 bits per heavy atom. The van der Waals surface area contributed by atoms with E-state index in [1.807, 2.05) is 6.92 Å². The van der Waals surface area contributed by atoms with Gasteiger partial charge < -0.3 is 5.32 Å². The molecule has 142 valence electrons. The van der Waals surface area contributed by atoms with Gasteiger partial charge in [-0.25, -0.2) is 0 Å². The predicted molar refractivity (Wildman–Crippen MR) is 114 cm³/mol. The van der Waals surface area contributed by atoms with Gasteiger partial charge in [-0.05, 0) is 29.5 Å². The fourth-order valence-corrected chi connectivity index (χ4v) is 4.76. The van der Waals surface area contributed by atoms with E-state index < -0.39 is 0 Å². The Balaban J connectivity index is 1.82. The monoisotopic (exact) mass is 369 g/mol. The van der Waals surface area contributed by atoms with Crippen molar-refractivity contribution in [3.05, 3.63) is 108 Å². The van der Waals surface area contributed by atoms with Crippen molar-refractivity contribution in [1.29, 1.82) is 0 Å². The maximum atomic E-state index is 12.3. The van der Waals surface area contributed by atoms with Crippen LogP contribution in [0, 0.1) is 0 Å². The van der Waals surface area contributed by atoms with Crippen molar-refractivity contribution >= 4 is 5.91 Å².